The lowest BCUT2D eigenvalue weighted by molar-refractivity contribution is 0.0950. The molecule has 0 aliphatic rings. The highest BCUT2D eigenvalue weighted by Crippen LogP contribution is 2.23. The fraction of sp³-hybridized carbons (Fsp3) is 0.273. The first-order chi connectivity index (χ1) is 12.9. The predicted molar refractivity (Wildman–Crippen MR) is 106 cm³/mol. The van der Waals surface area contributed by atoms with E-state index in [1.807, 2.05) is 76.3 Å². The van der Waals surface area contributed by atoms with Crippen molar-refractivity contribution in [1.82, 2.24) is 15.1 Å². The van der Waals surface area contributed by atoms with E-state index in [9.17, 15) is 4.79 Å². The summed E-state index contributed by atoms with van der Waals surface area (Å²) < 4.78 is 7.76. The summed E-state index contributed by atoms with van der Waals surface area (Å²) in [7, 11) is 1.89. The van der Waals surface area contributed by atoms with Crippen molar-refractivity contribution in [3.05, 3.63) is 82.2 Å². The molecule has 27 heavy (non-hydrogen) atoms. The highest BCUT2D eigenvalue weighted by Gasteiger charge is 2.08. The Labute approximate surface area is 160 Å². The highest BCUT2D eigenvalue weighted by atomic mass is 16.5. The molecule has 3 rings (SSSR count). The van der Waals surface area contributed by atoms with Crippen LogP contribution < -0.4 is 10.1 Å². The van der Waals surface area contributed by atoms with Crippen LogP contribution in [0.25, 0.3) is 0 Å². The minimum atomic E-state index is -0.111. The van der Waals surface area contributed by atoms with Gasteiger partial charge in [0.1, 0.15) is 12.4 Å². The molecule has 0 radical (unpaired) electrons. The molecule has 140 valence electrons. The molecule has 0 aliphatic carbocycles. The molecule has 2 aromatic carbocycles. The minimum absolute atomic E-state index is 0.111. The quantitative estimate of drug-likeness (QED) is 0.724. The smallest absolute Gasteiger partial charge is 0.251 e. The van der Waals surface area contributed by atoms with Gasteiger partial charge in [-0.3, -0.25) is 9.48 Å². The molecule has 0 saturated carbocycles. The van der Waals surface area contributed by atoms with Crippen LogP contribution in [0.3, 0.4) is 0 Å². The van der Waals surface area contributed by atoms with Gasteiger partial charge in [0.2, 0.25) is 0 Å². The van der Waals surface area contributed by atoms with Gasteiger partial charge in [-0.25, -0.2) is 0 Å². The molecule has 0 bridgehead atoms. The average molecular weight is 363 g/mol. The number of aryl methyl sites for hydroxylation is 4. The molecular formula is C22H25N3O2. The second kappa shape index (κ2) is 8.08. The number of hydrogen-bond acceptors (Lipinski definition) is 3. The molecule has 0 unspecified atom stereocenters. The van der Waals surface area contributed by atoms with Gasteiger partial charge in [0.05, 0.1) is 12.2 Å². The van der Waals surface area contributed by atoms with Crippen LogP contribution in [-0.4, -0.2) is 15.7 Å². The summed E-state index contributed by atoms with van der Waals surface area (Å²) in [5.74, 6) is 0.811. The lowest BCUT2D eigenvalue weighted by Gasteiger charge is -2.12. The number of amides is 1. The molecule has 1 N–H and O–H groups in total. The third-order valence-corrected chi connectivity index (χ3v) is 4.60. The molecule has 1 amide bonds. The first-order valence-corrected chi connectivity index (χ1v) is 8.99. The SMILES string of the molecule is Cc1cccc(C)c1OCc1ccc(C(=O)NCc2cc(C)n(C)n2)cc1. The number of aromatic nitrogens is 2. The van der Waals surface area contributed by atoms with Gasteiger partial charge in [-0.1, -0.05) is 30.3 Å². The normalized spacial score (nSPS) is 10.7. The number of ether oxygens (including phenoxy) is 1. The lowest BCUT2D eigenvalue weighted by atomic mass is 10.1. The van der Waals surface area contributed by atoms with Gasteiger partial charge >= 0.3 is 0 Å². The zero-order valence-corrected chi connectivity index (χ0v) is 16.2. The molecule has 1 heterocycles. The van der Waals surface area contributed by atoms with Gasteiger partial charge < -0.3 is 10.1 Å². The average Bonchev–Trinajstić information content (AvgIpc) is 2.97. The third-order valence-electron chi connectivity index (χ3n) is 4.60. The summed E-state index contributed by atoms with van der Waals surface area (Å²) in [6, 6.07) is 15.6. The number of nitrogens with zero attached hydrogens (tertiary/aromatic N) is 2. The van der Waals surface area contributed by atoms with Crippen molar-refractivity contribution in [2.45, 2.75) is 33.9 Å². The van der Waals surface area contributed by atoms with Crippen molar-refractivity contribution >= 4 is 5.91 Å². The maximum atomic E-state index is 12.3. The van der Waals surface area contributed by atoms with E-state index in [1.54, 1.807) is 4.68 Å². The number of para-hydroxylation sites is 1. The molecule has 0 fully saturated rings. The van der Waals surface area contributed by atoms with Gasteiger partial charge in [-0.2, -0.15) is 5.10 Å². The molecule has 3 aromatic rings. The number of nitrogens with one attached hydrogen (secondary N) is 1. The summed E-state index contributed by atoms with van der Waals surface area (Å²) in [5, 5.41) is 7.24. The lowest BCUT2D eigenvalue weighted by Crippen LogP contribution is -2.23. The van der Waals surface area contributed by atoms with Crippen LogP contribution >= 0.6 is 0 Å². The Morgan fingerprint density at radius 2 is 1.74 bits per heavy atom. The van der Waals surface area contributed by atoms with E-state index >= 15 is 0 Å². The van der Waals surface area contributed by atoms with Crippen molar-refractivity contribution in [3.63, 3.8) is 0 Å². The minimum Gasteiger partial charge on any atom is -0.488 e. The first-order valence-electron chi connectivity index (χ1n) is 8.99. The van der Waals surface area contributed by atoms with Crippen molar-refractivity contribution in [3.8, 4) is 5.75 Å². The standard InChI is InChI=1S/C22H25N3O2/c1-15-6-5-7-16(2)21(15)27-14-18-8-10-19(11-9-18)22(26)23-13-20-12-17(3)25(4)24-20/h5-12H,13-14H2,1-4H3,(H,23,26). The van der Waals surface area contributed by atoms with E-state index in [4.69, 9.17) is 4.74 Å². The monoisotopic (exact) mass is 363 g/mol. The third kappa shape index (κ3) is 4.56. The number of carbonyl (C=O) groups excluding carboxylic acids is 1. The van der Waals surface area contributed by atoms with Crippen molar-refractivity contribution in [2.24, 2.45) is 7.05 Å². The zero-order valence-electron chi connectivity index (χ0n) is 16.2. The second-order valence-electron chi connectivity index (χ2n) is 6.79. The van der Waals surface area contributed by atoms with Crippen molar-refractivity contribution in [1.29, 1.82) is 0 Å². The zero-order chi connectivity index (χ0) is 19.4. The second-order valence-corrected chi connectivity index (χ2v) is 6.79. The van der Waals surface area contributed by atoms with E-state index in [1.165, 1.54) is 0 Å². The van der Waals surface area contributed by atoms with Crippen molar-refractivity contribution < 1.29 is 9.53 Å². The van der Waals surface area contributed by atoms with Gasteiger partial charge in [0.15, 0.2) is 0 Å². The topological polar surface area (TPSA) is 56.1 Å². The van der Waals surface area contributed by atoms with E-state index in [2.05, 4.69) is 10.4 Å². The van der Waals surface area contributed by atoms with Gasteiger partial charge in [0.25, 0.3) is 5.91 Å². The molecule has 5 heteroatoms. The Hall–Kier alpha value is -3.08. The maximum Gasteiger partial charge on any atom is 0.251 e. The Morgan fingerprint density at radius 1 is 1.07 bits per heavy atom. The summed E-state index contributed by atoms with van der Waals surface area (Å²) in [6.45, 7) is 6.95. The summed E-state index contributed by atoms with van der Waals surface area (Å²) >= 11 is 0. The number of hydrogen-bond donors (Lipinski definition) is 1. The molecule has 1 aromatic heterocycles. The Balaban J connectivity index is 1.57. The summed E-state index contributed by atoms with van der Waals surface area (Å²) in [4.78, 5) is 12.3. The number of rotatable bonds is 6. The molecule has 0 saturated heterocycles. The molecule has 0 spiro atoms. The van der Waals surface area contributed by atoms with Gasteiger partial charge in [0, 0.05) is 18.3 Å². The van der Waals surface area contributed by atoms with E-state index in [0.29, 0.717) is 18.7 Å². The van der Waals surface area contributed by atoms with Crippen LogP contribution in [0.15, 0.2) is 48.5 Å². The fourth-order valence-corrected chi connectivity index (χ4v) is 2.93. The number of benzene rings is 2. The predicted octanol–water partition coefficient (Wildman–Crippen LogP) is 3.85. The Bertz CT molecular complexity index is 903. The van der Waals surface area contributed by atoms with Crippen LogP contribution in [0, 0.1) is 20.8 Å². The van der Waals surface area contributed by atoms with Gasteiger partial charge in [-0.15, -0.1) is 0 Å². The molecule has 5 nitrogen and oxygen atoms in total. The molecule has 0 aliphatic heterocycles. The van der Waals surface area contributed by atoms with E-state index in [-0.39, 0.29) is 5.91 Å². The van der Waals surface area contributed by atoms with Crippen LogP contribution in [0.4, 0.5) is 0 Å². The molecule has 0 atom stereocenters. The van der Waals surface area contributed by atoms with E-state index < -0.39 is 0 Å². The van der Waals surface area contributed by atoms with E-state index in [0.717, 1.165) is 33.8 Å². The van der Waals surface area contributed by atoms with Crippen LogP contribution in [0.5, 0.6) is 5.75 Å². The maximum absolute atomic E-state index is 12.3. The van der Waals surface area contributed by atoms with Crippen LogP contribution in [0.1, 0.15) is 38.4 Å². The largest absolute Gasteiger partial charge is 0.488 e. The number of carbonyl (C=O) groups is 1. The van der Waals surface area contributed by atoms with Crippen molar-refractivity contribution in [2.75, 3.05) is 0 Å². The Kier molecular flexibility index (Phi) is 5.60. The highest BCUT2D eigenvalue weighted by molar-refractivity contribution is 5.94. The summed E-state index contributed by atoms with van der Waals surface area (Å²) in [5.41, 5.74) is 5.80. The van der Waals surface area contributed by atoms with Crippen LogP contribution in [0.2, 0.25) is 0 Å². The Morgan fingerprint density at radius 3 is 2.33 bits per heavy atom. The summed E-state index contributed by atoms with van der Waals surface area (Å²) in [6.07, 6.45) is 0. The first kappa shape index (κ1) is 18.7. The van der Waals surface area contributed by atoms with Gasteiger partial charge in [-0.05, 0) is 55.7 Å². The fourth-order valence-electron chi connectivity index (χ4n) is 2.93. The molecular weight excluding hydrogens is 338 g/mol. The van der Waals surface area contributed by atoms with Crippen LogP contribution in [-0.2, 0) is 20.2 Å².